The lowest BCUT2D eigenvalue weighted by atomic mass is 9.78. The normalized spacial score (nSPS) is 26.1. The fourth-order valence-corrected chi connectivity index (χ4v) is 5.45. The maximum absolute atomic E-state index is 10.5. The molecule has 0 saturated carbocycles. The van der Waals surface area contributed by atoms with Crippen LogP contribution < -0.4 is 4.74 Å². The van der Waals surface area contributed by atoms with Gasteiger partial charge in [0.15, 0.2) is 0 Å². The van der Waals surface area contributed by atoms with Crippen molar-refractivity contribution in [1.82, 2.24) is 0 Å². The minimum Gasteiger partial charge on any atom is -0.493 e. The van der Waals surface area contributed by atoms with Gasteiger partial charge in [-0.1, -0.05) is 30.4 Å². The SMILES string of the molecule is O=C(O)CCCC=CCC[C@H]1[C@@H](CSCCOc2ccccc2)[C@H]2CC[C@@H]1O2. The zero-order chi connectivity index (χ0) is 19.6. The van der Waals surface area contributed by atoms with Crippen LogP contribution in [-0.2, 0) is 9.53 Å². The highest BCUT2D eigenvalue weighted by atomic mass is 32.2. The quantitative estimate of drug-likeness (QED) is 0.362. The van der Waals surface area contributed by atoms with Crippen LogP contribution in [-0.4, -0.2) is 41.4 Å². The minimum absolute atomic E-state index is 0.262. The number of rotatable bonds is 13. The molecule has 2 saturated heterocycles. The molecule has 1 aromatic carbocycles. The average molecular weight is 405 g/mol. The van der Waals surface area contributed by atoms with E-state index in [1.807, 2.05) is 42.1 Å². The Labute approximate surface area is 172 Å². The Kier molecular flexibility index (Phi) is 8.74. The number of benzene rings is 1. The first kappa shape index (κ1) is 21.3. The number of fused-ring (bicyclic) bond motifs is 2. The van der Waals surface area contributed by atoms with Crippen molar-refractivity contribution in [3.63, 3.8) is 0 Å². The van der Waals surface area contributed by atoms with Crippen molar-refractivity contribution in [2.45, 2.75) is 57.2 Å². The van der Waals surface area contributed by atoms with Crippen LogP contribution in [0.4, 0.5) is 0 Å². The number of carbonyl (C=O) groups is 1. The van der Waals surface area contributed by atoms with E-state index in [9.17, 15) is 4.79 Å². The Morgan fingerprint density at radius 3 is 2.68 bits per heavy atom. The van der Waals surface area contributed by atoms with Crippen molar-refractivity contribution < 1.29 is 19.4 Å². The molecule has 0 radical (unpaired) electrons. The van der Waals surface area contributed by atoms with Gasteiger partial charge >= 0.3 is 5.97 Å². The summed E-state index contributed by atoms with van der Waals surface area (Å²) in [7, 11) is 0. The Hall–Kier alpha value is -1.46. The summed E-state index contributed by atoms with van der Waals surface area (Å²) in [5.41, 5.74) is 0. The maximum atomic E-state index is 10.5. The zero-order valence-corrected chi connectivity index (χ0v) is 17.3. The lowest BCUT2D eigenvalue weighted by Crippen LogP contribution is -2.29. The van der Waals surface area contributed by atoms with E-state index in [4.69, 9.17) is 14.6 Å². The summed E-state index contributed by atoms with van der Waals surface area (Å²) < 4.78 is 12.0. The monoisotopic (exact) mass is 404 g/mol. The predicted octanol–water partition coefficient (Wildman–Crippen LogP) is 5.18. The molecule has 2 fully saturated rings. The van der Waals surface area contributed by atoms with E-state index >= 15 is 0 Å². The highest BCUT2D eigenvalue weighted by Gasteiger charge is 2.47. The summed E-state index contributed by atoms with van der Waals surface area (Å²) in [6, 6.07) is 10.0. The van der Waals surface area contributed by atoms with Crippen molar-refractivity contribution in [2.24, 2.45) is 11.8 Å². The van der Waals surface area contributed by atoms with Gasteiger partial charge in [-0.15, -0.1) is 0 Å². The number of thioether (sulfide) groups is 1. The number of unbranched alkanes of at least 4 members (excludes halogenated alkanes) is 1. The molecule has 2 heterocycles. The van der Waals surface area contributed by atoms with Crippen LogP contribution >= 0.6 is 11.8 Å². The second-order valence-corrected chi connectivity index (χ2v) is 8.84. The number of allylic oxidation sites excluding steroid dienone is 2. The first-order valence-corrected chi connectivity index (χ1v) is 11.7. The second-order valence-electron chi connectivity index (χ2n) is 7.69. The number of para-hydroxylation sites is 1. The average Bonchev–Trinajstić information content (AvgIpc) is 3.29. The fraction of sp³-hybridized carbons (Fsp3) is 0.609. The second kappa shape index (κ2) is 11.5. The van der Waals surface area contributed by atoms with E-state index in [2.05, 4.69) is 12.2 Å². The third-order valence-electron chi connectivity index (χ3n) is 5.73. The zero-order valence-electron chi connectivity index (χ0n) is 16.5. The van der Waals surface area contributed by atoms with Gasteiger partial charge in [-0.2, -0.15) is 11.8 Å². The molecule has 28 heavy (non-hydrogen) atoms. The highest BCUT2D eigenvalue weighted by Crippen LogP contribution is 2.46. The Balaban J connectivity index is 1.32. The molecule has 0 aromatic heterocycles. The summed E-state index contributed by atoms with van der Waals surface area (Å²) in [6.07, 6.45) is 11.8. The Morgan fingerprint density at radius 1 is 1.14 bits per heavy atom. The van der Waals surface area contributed by atoms with Gasteiger partial charge in [-0.05, 0) is 68.2 Å². The number of hydrogen-bond donors (Lipinski definition) is 1. The molecule has 1 N–H and O–H groups in total. The van der Waals surface area contributed by atoms with Gasteiger partial charge < -0.3 is 14.6 Å². The van der Waals surface area contributed by atoms with E-state index in [1.165, 1.54) is 19.3 Å². The van der Waals surface area contributed by atoms with Gasteiger partial charge in [0.1, 0.15) is 5.75 Å². The summed E-state index contributed by atoms with van der Waals surface area (Å²) in [6.45, 7) is 0.750. The molecule has 2 bridgehead atoms. The van der Waals surface area contributed by atoms with Gasteiger partial charge in [0.25, 0.3) is 0 Å². The number of ether oxygens (including phenoxy) is 2. The third kappa shape index (κ3) is 6.56. The van der Waals surface area contributed by atoms with Crippen LogP contribution in [0.2, 0.25) is 0 Å². The van der Waals surface area contributed by atoms with Crippen molar-refractivity contribution in [2.75, 3.05) is 18.1 Å². The lowest BCUT2D eigenvalue weighted by molar-refractivity contribution is -0.137. The van der Waals surface area contributed by atoms with Gasteiger partial charge in [0.05, 0.1) is 18.8 Å². The predicted molar refractivity (Wildman–Crippen MR) is 114 cm³/mol. The highest BCUT2D eigenvalue weighted by molar-refractivity contribution is 7.99. The van der Waals surface area contributed by atoms with E-state index in [0.29, 0.717) is 24.0 Å². The molecule has 0 amide bonds. The van der Waals surface area contributed by atoms with Gasteiger partial charge in [0, 0.05) is 12.2 Å². The van der Waals surface area contributed by atoms with Crippen LogP contribution in [0.3, 0.4) is 0 Å². The molecule has 0 spiro atoms. The molecule has 2 aliphatic heterocycles. The van der Waals surface area contributed by atoms with Crippen molar-refractivity contribution in [3.8, 4) is 5.75 Å². The first-order valence-electron chi connectivity index (χ1n) is 10.5. The van der Waals surface area contributed by atoms with Gasteiger partial charge in [0.2, 0.25) is 0 Å². The summed E-state index contributed by atoms with van der Waals surface area (Å²) >= 11 is 1.99. The molecule has 2 aliphatic rings. The molecular weight excluding hydrogens is 372 g/mol. The van der Waals surface area contributed by atoms with E-state index in [-0.39, 0.29) is 6.42 Å². The Morgan fingerprint density at radius 2 is 1.89 bits per heavy atom. The molecule has 0 unspecified atom stereocenters. The number of aliphatic carboxylic acids is 1. The summed E-state index contributed by atoms with van der Waals surface area (Å²) in [5, 5.41) is 8.66. The standard InChI is InChI=1S/C23H32O4S/c24-23(25)12-8-3-1-2-7-11-19-20(22-14-13-21(19)27-22)17-28-16-15-26-18-9-5-4-6-10-18/h1-2,4-6,9-10,19-22H,3,7-8,11-17H2,(H,24,25)/t19-,20+,21-,22+/m0/s1. The molecule has 3 rings (SSSR count). The number of carboxylic acids is 1. The smallest absolute Gasteiger partial charge is 0.303 e. The van der Waals surface area contributed by atoms with Crippen molar-refractivity contribution in [1.29, 1.82) is 0 Å². The van der Waals surface area contributed by atoms with E-state index in [0.717, 1.165) is 43.1 Å². The third-order valence-corrected chi connectivity index (χ3v) is 6.81. The van der Waals surface area contributed by atoms with Crippen LogP contribution in [0.25, 0.3) is 0 Å². The first-order chi connectivity index (χ1) is 13.7. The van der Waals surface area contributed by atoms with Gasteiger partial charge in [-0.25, -0.2) is 0 Å². The van der Waals surface area contributed by atoms with Crippen molar-refractivity contribution in [3.05, 3.63) is 42.5 Å². The van der Waals surface area contributed by atoms with E-state index in [1.54, 1.807) is 0 Å². The lowest BCUT2D eigenvalue weighted by Gasteiger charge is -2.27. The molecule has 4 atom stereocenters. The van der Waals surface area contributed by atoms with Gasteiger partial charge in [-0.3, -0.25) is 4.79 Å². The fourth-order valence-electron chi connectivity index (χ4n) is 4.35. The van der Waals surface area contributed by atoms with E-state index < -0.39 is 5.97 Å². The molecule has 0 aliphatic carbocycles. The maximum Gasteiger partial charge on any atom is 0.303 e. The molecule has 1 aromatic rings. The summed E-state index contributed by atoms with van der Waals surface area (Å²) in [5.74, 6) is 3.75. The number of carboxylic acid groups (broad SMARTS) is 1. The van der Waals surface area contributed by atoms with Crippen LogP contribution in [0.1, 0.15) is 44.9 Å². The molecule has 154 valence electrons. The molecule has 5 heteroatoms. The summed E-state index contributed by atoms with van der Waals surface area (Å²) in [4.78, 5) is 10.5. The topological polar surface area (TPSA) is 55.8 Å². The Bertz CT molecular complexity index is 618. The van der Waals surface area contributed by atoms with Crippen LogP contribution in [0.15, 0.2) is 42.5 Å². The van der Waals surface area contributed by atoms with Crippen LogP contribution in [0.5, 0.6) is 5.75 Å². The largest absolute Gasteiger partial charge is 0.493 e. The molecule has 4 nitrogen and oxygen atoms in total. The minimum atomic E-state index is -0.706. The van der Waals surface area contributed by atoms with Crippen LogP contribution in [0, 0.1) is 11.8 Å². The molecular formula is C23H32O4S. The number of hydrogen-bond acceptors (Lipinski definition) is 4. The van der Waals surface area contributed by atoms with Crippen molar-refractivity contribution >= 4 is 17.7 Å².